The fourth-order valence-corrected chi connectivity index (χ4v) is 5.89. The molecule has 0 heterocycles. The van der Waals surface area contributed by atoms with Crippen molar-refractivity contribution in [2.75, 3.05) is 18.1 Å². The summed E-state index contributed by atoms with van der Waals surface area (Å²) in [6.45, 7) is 5.86. The maximum atomic E-state index is 13.2. The van der Waals surface area contributed by atoms with Gasteiger partial charge in [-0.05, 0) is 19.8 Å². The molecule has 0 fully saturated rings. The van der Waals surface area contributed by atoms with Crippen molar-refractivity contribution in [1.29, 1.82) is 0 Å². The number of esters is 2. The SMILES string of the molecule is CCCCCCCCCCCCCCCC(=O)N[C@@H](CSC[C@@H](COC(C)=O)OC(C)=O)C(=O)N[C@@H](C)C(=O)N[C@H](CCC(=O)O)C(N)=O. The molecule has 0 aromatic heterocycles. The first-order chi connectivity index (χ1) is 23.3. The molecule has 15 heteroatoms. The van der Waals surface area contributed by atoms with Crippen LogP contribution in [0.3, 0.4) is 0 Å². The molecule has 0 spiro atoms. The average molecular weight is 717 g/mol. The molecule has 14 nitrogen and oxygen atoms in total. The predicted molar refractivity (Wildman–Crippen MR) is 187 cm³/mol. The van der Waals surface area contributed by atoms with Crippen LogP contribution >= 0.6 is 11.8 Å². The number of hydrogen-bond donors (Lipinski definition) is 5. The smallest absolute Gasteiger partial charge is 0.303 e. The zero-order valence-electron chi connectivity index (χ0n) is 29.9. The van der Waals surface area contributed by atoms with E-state index >= 15 is 0 Å². The zero-order chi connectivity index (χ0) is 37.0. The molecule has 0 bridgehead atoms. The normalized spacial score (nSPS) is 13.3. The van der Waals surface area contributed by atoms with Crippen molar-refractivity contribution in [2.24, 2.45) is 5.73 Å². The Hall–Kier alpha value is -3.36. The molecule has 0 saturated heterocycles. The van der Waals surface area contributed by atoms with Crippen molar-refractivity contribution in [1.82, 2.24) is 16.0 Å². The number of nitrogens with two attached hydrogens (primary N) is 1. The summed E-state index contributed by atoms with van der Waals surface area (Å²) in [5.41, 5.74) is 5.29. The van der Waals surface area contributed by atoms with Gasteiger partial charge < -0.3 is 36.3 Å². The van der Waals surface area contributed by atoms with E-state index in [2.05, 4.69) is 22.9 Å². The summed E-state index contributed by atoms with van der Waals surface area (Å²) in [6, 6.07) is -3.47. The first-order valence-corrected chi connectivity index (χ1v) is 18.7. The Labute approximate surface area is 295 Å². The van der Waals surface area contributed by atoms with Crippen LogP contribution in [0.1, 0.15) is 130 Å². The minimum absolute atomic E-state index is 0.0465. The van der Waals surface area contributed by atoms with E-state index in [-0.39, 0.29) is 36.9 Å². The van der Waals surface area contributed by atoms with Gasteiger partial charge >= 0.3 is 17.9 Å². The number of carbonyl (C=O) groups is 7. The van der Waals surface area contributed by atoms with E-state index in [0.717, 1.165) is 19.3 Å². The number of aliphatic carboxylic acids is 1. The minimum atomic E-state index is -1.25. The number of carbonyl (C=O) groups excluding carboxylic acids is 6. The Balaban J connectivity index is 5.04. The van der Waals surface area contributed by atoms with E-state index in [1.807, 2.05) is 0 Å². The molecule has 0 radical (unpaired) electrons. The molecule has 6 N–H and O–H groups in total. The molecule has 282 valence electrons. The van der Waals surface area contributed by atoms with E-state index in [9.17, 15) is 33.6 Å². The quantitative estimate of drug-likeness (QED) is 0.0535. The van der Waals surface area contributed by atoms with Crippen molar-refractivity contribution >= 4 is 53.3 Å². The Morgan fingerprint density at radius 1 is 0.694 bits per heavy atom. The van der Waals surface area contributed by atoms with Gasteiger partial charge in [-0.15, -0.1) is 0 Å². The van der Waals surface area contributed by atoms with E-state index in [1.165, 1.54) is 90.3 Å². The molecule has 0 aliphatic carbocycles. The van der Waals surface area contributed by atoms with Crippen molar-refractivity contribution in [3.63, 3.8) is 0 Å². The zero-order valence-corrected chi connectivity index (χ0v) is 30.7. The molecule has 0 aromatic carbocycles. The van der Waals surface area contributed by atoms with Gasteiger partial charge in [-0.1, -0.05) is 84.0 Å². The predicted octanol–water partition coefficient (Wildman–Crippen LogP) is 3.52. The number of carboxylic acids is 1. The number of carboxylic acid groups (broad SMARTS) is 1. The van der Waals surface area contributed by atoms with Crippen LogP contribution in [0, 0.1) is 0 Å². The summed E-state index contributed by atoms with van der Waals surface area (Å²) in [4.78, 5) is 84.1. The van der Waals surface area contributed by atoms with Gasteiger partial charge in [0.05, 0.1) is 0 Å². The molecule has 0 aliphatic rings. The molecule has 4 atom stereocenters. The summed E-state index contributed by atoms with van der Waals surface area (Å²) < 4.78 is 10.1. The molecule has 0 saturated carbocycles. The fraction of sp³-hybridized carbons (Fsp3) is 0.794. The molecule has 0 unspecified atom stereocenters. The summed E-state index contributed by atoms with van der Waals surface area (Å²) in [6.07, 6.45) is 14.0. The average Bonchev–Trinajstić information content (AvgIpc) is 3.02. The second-order valence-electron chi connectivity index (χ2n) is 12.3. The van der Waals surface area contributed by atoms with Gasteiger partial charge in [0, 0.05) is 38.2 Å². The van der Waals surface area contributed by atoms with Crippen LogP contribution in [-0.2, 0) is 43.0 Å². The van der Waals surface area contributed by atoms with Crippen molar-refractivity contribution in [3.8, 4) is 0 Å². The summed E-state index contributed by atoms with van der Waals surface area (Å²) in [5.74, 6) is -4.76. The summed E-state index contributed by atoms with van der Waals surface area (Å²) >= 11 is 1.18. The number of unbranched alkanes of at least 4 members (excludes halogenated alkanes) is 12. The third-order valence-corrected chi connectivity index (χ3v) is 8.79. The second-order valence-corrected chi connectivity index (χ2v) is 13.4. The molecular formula is C34H60N4O10S. The Kier molecular flexibility index (Phi) is 26.5. The van der Waals surface area contributed by atoms with Crippen molar-refractivity contribution in [3.05, 3.63) is 0 Å². The number of amides is 4. The lowest BCUT2D eigenvalue weighted by Gasteiger charge is -2.23. The monoisotopic (exact) mass is 716 g/mol. The highest BCUT2D eigenvalue weighted by Gasteiger charge is 2.27. The second kappa shape index (κ2) is 28.5. The van der Waals surface area contributed by atoms with E-state index in [0.29, 0.717) is 6.42 Å². The maximum absolute atomic E-state index is 13.2. The summed E-state index contributed by atoms with van der Waals surface area (Å²) in [7, 11) is 0. The highest BCUT2D eigenvalue weighted by Crippen LogP contribution is 2.14. The van der Waals surface area contributed by atoms with E-state index in [4.69, 9.17) is 20.3 Å². The van der Waals surface area contributed by atoms with Crippen LogP contribution in [0.25, 0.3) is 0 Å². The lowest BCUT2D eigenvalue weighted by atomic mass is 10.0. The van der Waals surface area contributed by atoms with Gasteiger partial charge in [-0.2, -0.15) is 11.8 Å². The Morgan fingerprint density at radius 2 is 1.24 bits per heavy atom. The standard InChI is InChI=1S/C34H60N4O10S/c1-5-6-7-8-9-10-11-12-13-14-15-16-17-18-30(41)37-29(23-49-22-27(48-26(4)40)21-47-25(3)39)34(46)36-24(2)33(45)38-28(32(35)44)19-20-31(42)43/h24,27-29H,5-23H2,1-4H3,(H2,35,44)(H,36,46)(H,37,41)(H,38,45)(H,42,43)/t24-,27+,28+,29-/m0/s1. The molecule has 0 aliphatic heterocycles. The van der Waals surface area contributed by atoms with Crippen LogP contribution in [0.15, 0.2) is 0 Å². The van der Waals surface area contributed by atoms with Gasteiger partial charge in [-0.3, -0.25) is 33.6 Å². The largest absolute Gasteiger partial charge is 0.481 e. The highest BCUT2D eigenvalue weighted by molar-refractivity contribution is 7.99. The minimum Gasteiger partial charge on any atom is -0.481 e. The van der Waals surface area contributed by atoms with Gasteiger partial charge in [0.1, 0.15) is 30.8 Å². The lowest BCUT2D eigenvalue weighted by Crippen LogP contribution is -2.56. The molecular weight excluding hydrogens is 656 g/mol. The molecule has 0 rings (SSSR count). The number of primary amides is 1. The molecule has 0 aromatic rings. The number of rotatable bonds is 30. The first kappa shape index (κ1) is 45.6. The van der Waals surface area contributed by atoms with E-state index in [1.54, 1.807) is 0 Å². The number of ether oxygens (including phenoxy) is 2. The highest BCUT2D eigenvalue weighted by atomic mass is 32.2. The maximum Gasteiger partial charge on any atom is 0.303 e. The van der Waals surface area contributed by atoms with Crippen molar-refractivity contribution in [2.45, 2.75) is 155 Å². The van der Waals surface area contributed by atoms with Crippen LogP contribution in [0.4, 0.5) is 0 Å². The van der Waals surface area contributed by atoms with Gasteiger partial charge in [0.2, 0.25) is 23.6 Å². The van der Waals surface area contributed by atoms with Gasteiger partial charge in [0.15, 0.2) is 0 Å². The van der Waals surface area contributed by atoms with Crippen LogP contribution in [-0.4, -0.2) is 89.0 Å². The van der Waals surface area contributed by atoms with Gasteiger partial charge in [-0.25, -0.2) is 0 Å². The number of hydrogen-bond acceptors (Lipinski definition) is 10. The first-order valence-electron chi connectivity index (χ1n) is 17.6. The Morgan fingerprint density at radius 3 is 1.73 bits per heavy atom. The van der Waals surface area contributed by atoms with Crippen molar-refractivity contribution < 1.29 is 48.1 Å². The molecule has 49 heavy (non-hydrogen) atoms. The molecule has 4 amide bonds. The van der Waals surface area contributed by atoms with Gasteiger partial charge in [0.25, 0.3) is 0 Å². The topological polar surface area (TPSA) is 220 Å². The third-order valence-electron chi connectivity index (χ3n) is 7.61. The third kappa shape index (κ3) is 26.2. The van der Waals surface area contributed by atoms with Crippen LogP contribution < -0.4 is 21.7 Å². The lowest BCUT2D eigenvalue weighted by molar-refractivity contribution is -0.154. The fourth-order valence-electron chi connectivity index (χ4n) is 4.86. The van der Waals surface area contributed by atoms with Crippen LogP contribution in [0.2, 0.25) is 0 Å². The summed E-state index contributed by atoms with van der Waals surface area (Å²) in [5, 5.41) is 16.5. The van der Waals surface area contributed by atoms with E-state index < -0.39 is 66.3 Å². The number of nitrogens with one attached hydrogen (secondary N) is 3. The van der Waals surface area contributed by atoms with Crippen LogP contribution in [0.5, 0.6) is 0 Å². The Bertz CT molecular complexity index is 1030. The number of thioether (sulfide) groups is 1.